The number of ether oxygens (including phenoxy) is 2. The summed E-state index contributed by atoms with van der Waals surface area (Å²) in [5.74, 6) is -0.151. The van der Waals surface area contributed by atoms with E-state index in [1.54, 1.807) is 4.57 Å². The van der Waals surface area contributed by atoms with E-state index in [4.69, 9.17) is 20.9 Å². The van der Waals surface area contributed by atoms with Gasteiger partial charge in [-0.15, -0.1) is 0 Å². The van der Waals surface area contributed by atoms with Gasteiger partial charge >= 0.3 is 17.7 Å². The van der Waals surface area contributed by atoms with Crippen molar-refractivity contribution in [3.8, 4) is 6.01 Å². The molecule has 0 aliphatic carbocycles. The number of benzene rings is 1. The van der Waals surface area contributed by atoms with Gasteiger partial charge in [0.05, 0.1) is 26.7 Å². The Morgan fingerprint density at radius 2 is 1.89 bits per heavy atom. The Kier molecular flexibility index (Phi) is 12.1. The topological polar surface area (TPSA) is 187 Å². The molecule has 3 heterocycles. The molecule has 240 valence electrons. The Labute approximate surface area is 257 Å². The highest BCUT2D eigenvalue weighted by Crippen LogP contribution is 2.20. The van der Waals surface area contributed by atoms with E-state index in [1.165, 1.54) is 7.11 Å². The van der Waals surface area contributed by atoms with Crippen LogP contribution in [0.2, 0.25) is 0 Å². The summed E-state index contributed by atoms with van der Waals surface area (Å²) in [6, 6.07) is 7.90. The van der Waals surface area contributed by atoms with E-state index in [1.807, 2.05) is 24.3 Å². The Morgan fingerprint density at radius 1 is 1.11 bits per heavy atom. The van der Waals surface area contributed by atoms with Crippen LogP contribution < -0.4 is 27.2 Å². The zero-order valence-electron chi connectivity index (χ0n) is 25.7. The number of esters is 1. The van der Waals surface area contributed by atoms with Crippen LogP contribution in [-0.2, 0) is 33.8 Å². The SMILES string of the molecule is CCCCOc1nc(N)c2[nH]c(=O)n(CCCC3CN(CC(=O)NCc4ccc(CC(=O)OC)cc4)CCN3CCN)c2n1. The van der Waals surface area contributed by atoms with Crippen LogP contribution in [0.25, 0.3) is 11.2 Å². The number of fused-ring (bicyclic) bond motifs is 1. The average Bonchev–Trinajstić information content (AvgIpc) is 3.33. The Morgan fingerprint density at radius 3 is 2.61 bits per heavy atom. The van der Waals surface area contributed by atoms with Crippen LogP contribution in [0.1, 0.15) is 43.7 Å². The number of imidazole rings is 1. The molecule has 1 amide bonds. The second kappa shape index (κ2) is 16.2. The number of methoxy groups -OCH3 is 1. The first-order valence-electron chi connectivity index (χ1n) is 15.3. The number of amides is 1. The van der Waals surface area contributed by atoms with Gasteiger partial charge in [0.25, 0.3) is 0 Å². The lowest BCUT2D eigenvalue weighted by Gasteiger charge is -2.41. The maximum Gasteiger partial charge on any atom is 0.327 e. The fourth-order valence-corrected chi connectivity index (χ4v) is 5.40. The number of hydrogen-bond acceptors (Lipinski definition) is 11. The van der Waals surface area contributed by atoms with E-state index in [2.05, 4.69) is 37.0 Å². The van der Waals surface area contributed by atoms with Crippen molar-refractivity contribution in [1.82, 2.24) is 34.6 Å². The molecule has 1 unspecified atom stereocenters. The standard InChI is InChI=1S/C30H45N9O5/c1-3-4-16-44-29-35-27(32)26-28(36-29)39(30(42)34-26)12-5-6-23-19-37(14-15-38(23)13-11-31)20-24(40)33-18-22-9-7-21(8-10-22)17-25(41)43-2/h7-10,23H,3-6,11-20,31H2,1-2H3,(H,33,40)(H,34,42)(H2,32,35,36). The van der Waals surface area contributed by atoms with Gasteiger partial charge in [0.15, 0.2) is 11.5 Å². The highest BCUT2D eigenvalue weighted by atomic mass is 16.5. The molecular weight excluding hydrogens is 566 g/mol. The zero-order valence-corrected chi connectivity index (χ0v) is 25.7. The third kappa shape index (κ3) is 9.00. The van der Waals surface area contributed by atoms with Crippen LogP contribution in [0, 0.1) is 0 Å². The number of nitrogen functional groups attached to an aromatic ring is 1. The van der Waals surface area contributed by atoms with Crippen molar-refractivity contribution in [3.05, 3.63) is 45.9 Å². The van der Waals surface area contributed by atoms with Gasteiger partial charge in [-0.1, -0.05) is 37.6 Å². The number of carbonyl (C=O) groups is 2. The minimum absolute atomic E-state index is 0.0470. The smallest absolute Gasteiger partial charge is 0.327 e. The van der Waals surface area contributed by atoms with Crippen molar-refractivity contribution in [2.75, 3.05) is 58.7 Å². The van der Waals surface area contributed by atoms with E-state index in [-0.39, 0.29) is 41.9 Å². The summed E-state index contributed by atoms with van der Waals surface area (Å²) >= 11 is 0. The number of nitrogens with one attached hydrogen (secondary N) is 2. The number of nitrogens with two attached hydrogens (primary N) is 2. The maximum absolute atomic E-state index is 12.8. The molecule has 3 aromatic rings. The number of unbranched alkanes of at least 4 members (excludes halogenated alkanes) is 1. The number of carbonyl (C=O) groups excluding carboxylic acids is 2. The lowest BCUT2D eigenvalue weighted by molar-refractivity contribution is -0.139. The van der Waals surface area contributed by atoms with Crippen molar-refractivity contribution in [2.24, 2.45) is 5.73 Å². The largest absolute Gasteiger partial charge is 0.469 e. The number of nitrogens with zero attached hydrogens (tertiary/aromatic N) is 5. The molecule has 0 saturated carbocycles. The number of hydrogen-bond donors (Lipinski definition) is 4. The molecule has 0 spiro atoms. The van der Waals surface area contributed by atoms with Gasteiger partial charge in [0.1, 0.15) is 5.52 Å². The van der Waals surface area contributed by atoms with E-state index < -0.39 is 0 Å². The van der Waals surface area contributed by atoms with Crippen molar-refractivity contribution < 1.29 is 19.1 Å². The van der Waals surface area contributed by atoms with E-state index in [0.29, 0.717) is 43.9 Å². The van der Waals surface area contributed by atoms with Gasteiger partial charge in [-0.2, -0.15) is 9.97 Å². The minimum atomic E-state index is -0.288. The second-order valence-electron chi connectivity index (χ2n) is 11.1. The summed E-state index contributed by atoms with van der Waals surface area (Å²) in [5.41, 5.74) is 14.4. The summed E-state index contributed by atoms with van der Waals surface area (Å²) in [6.07, 6.45) is 3.60. The van der Waals surface area contributed by atoms with Crippen molar-refractivity contribution in [2.45, 2.75) is 58.2 Å². The Balaban J connectivity index is 1.31. The van der Waals surface area contributed by atoms with Crippen LogP contribution >= 0.6 is 0 Å². The van der Waals surface area contributed by atoms with Crippen LogP contribution in [-0.4, -0.2) is 100 Å². The first-order valence-corrected chi connectivity index (χ1v) is 15.3. The summed E-state index contributed by atoms with van der Waals surface area (Å²) in [7, 11) is 1.37. The highest BCUT2D eigenvalue weighted by molar-refractivity contribution is 5.81. The molecule has 0 bridgehead atoms. The Hall–Kier alpha value is -4.01. The van der Waals surface area contributed by atoms with Crippen LogP contribution in [0.4, 0.5) is 5.82 Å². The normalized spacial score (nSPS) is 15.8. The molecule has 1 saturated heterocycles. The quantitative estimate of drug-likeness (QED) is 0.131. The summed E-state index contributed by atoms with van der Waals surface area (Å²) < 4.78 is 11.9. The molecule has 2 aromatic heterocycles. The molecule has 1 aromatic carbocycles. The maximum atomic E-state index is 12.8. The van der Waals surface area contributed by atoms with E-state index in [0.717, 1.165) is 63.0 Å². The number of piperazine rings is 1. The molecule has 1 fully saturated rings. The molecule has 44 heavy (non-hydrogen) atoms. The van der Waals surface area contributed by atoms with Crippen LogP contribution in [0.3, 0.4) is 0 Å². The van der Waals surface area contributed by atoms with E-state index in [9.17, 15) is 14.4 Å². The summed E-state index contributed by atoms with van der Waals surface area (Å²) in [4.78, 5) is 53.0. The summed E-state index contributed by atoms with van der Waals surface area (Å²) in [5, 5.41) is 3.00. The number of rotatable bonds is 16. The number of aromatic amines is 1. The van der Waals surface area contributed by atoms with Crippen LogP contribution in [0.15, 0.2) is 29.1 Å². The molecule has 14 heteroatoms. The fourth-order valence-electron chi connectivity index (χ4n) is 5.40. The highest BCUT2D eigenvalue weighted by Gasteiger charge is 2.27. The molecule has 0 radical (unpaired) electrons. The first kappa shape index (κ1) is 32.9. The van der Waals surface area contributed by atoms with Crippen LogP contribution in [0.5, 0.6) is 6.01 Å². The molecule has 6 N–H and O–H groups in total. The lowest BCUT2D eigenvalue weighted by Crippen LogP contribution is -2.55. The predicted molar refractivity (Wildman–Crippen MR) is 167 cm³/mol. The van der Waals surface area contributed by atoms with Crippen molar-refractivity contribution in [3.63, 3.8) is 0 Å². The minimum Gasteiger partial charge on any atom is -0.469 e. The third-order valence-electron chi connectivity index (χ3n) is 7.84. The van der Waals surface area contributed by atoms with Gasteiger partial charge in [-0.3, -0.25) is 24.0 Å². The third-order valence-corrected chi connectivity index (χ3v) is 7.84. The molecule has 4 rings (SSSR count). The predicted octanol–water partition coefficient (Wildman–Crippen LogP) is 0.638. The first-order chi connectivity index (χ1) is 21.3. The number of aryl methyl sites for hydroxylation is 1. The average molecular weight is 612 g/mol. The molecule has 1 aliphatic rings. The van der Waals surface area contributed by atoms with Crippen molar-refractivity contribution >= 4 is 28.9 Å². The number of anilines is 1. The lowest BCUT2D eigenvalue weighted by atomic mass is 10.1. The van der Waals surface area contributed by atoms with Gasteiger partial charge < -0.3 is 31.2 Å². The van der Waals surface area contributed by atoms with Gasteiger partial charge in [-0.05, 0) is 30.4 Å². The second-order valence-corrected chi connectivity index (χ2v) is 11.1. The molecule has 1 atom stereocenters. The van der Waals surface area contributed by atoms with E-state index >= 15 is 0 Å². The molecule has 1 aliphatic heterocycles. The zero-order chi connectivity index (χ0) is 31.5. The van der Waals surface area contributed by atoms with Gasteiger partial charge in [-0.25, -0.2) is 4.79 Å². The fraction of sp³-hybridized carbons (Fsp3) is 0.567. The molecular formula is C30H45N9O5. The van der Waals surface area contributed by atoms with Gasteiger partial charge in [0.2, 0.25) is 5.91 Å². The monoisotopic (exact) mass is 611 g/mol. The number of H-pyrrole nitrogens is 1. The Bertz CT molecular complexity index is 1440. The molecule has 14 nitrogen and oxygen atoms in total. The number of aromatic nitrogens is 4. The van der Waals surface area contributed by atoms with Crippen molar-refractivity contribution in [1.29, 1.82) is 0 Å². The summed E-state index contributed by atoms with van der Waals surface area (Å²) in [6.45, 7) is 7.34. The van der Waals surface area contributed by atoms with Gasteiger partial charge in [0, 0.05) is 51.9 Å².